The first-order valence-electron chi connectivity index (χ1n) is 11.3. The first kappa shape index (κ1) is 26.4. The Kier molecular flexibility index (Phi) is 7.49. The number of esters is 1. The zero-order valence-corrected chi connectivity index (χ0v) is 21.6. The molecule has 1 saturated heterocycles. The number of aromatic hydroxyl groups is 1. The number of ketones is 1. The van der Waals surface area contributed by atoms with Gasteiger partial charge in [-0.05, 0) is 36.8 Å². The SMILES string of the molecule is C=CCOC(=O)c1sc(N2C(=O)C(=O)/C(=C(/O)c3cccc(OC)c3)C2c2ccc(O)c(OC)c2)nc1C. The van der Waals surface area contributed by atoms with Crippen LogP contribution >= 0.6 is 11.3 Å². The van der Waals surface area contributed by atoms with Crippen molar-refractivity contribution in [3.05, 3.63) is 82.4 Å². The standard InChI is InChI=1S/C27H24N2O8S/c1-5-11-37-26(34)24-14(2)28-27(38-24)29-21(15-9-10-18(30)19(13-15)36-4)20(23(32)25(29)33)22(31)16-7-6-8-17(12-16)35-3/h5-10,12-13,21,30-31H,1,11H2,2-4H3/b22-20+. The van der Waals surface area contributed by atoms with Crippen molar-refractivity contribution in [1.29, 1.82) is 0 Å². The number of anilines is 1. The highest BCUT2D eigenvalue weighted by Gasteiger charge is 2.48. The fraction of sp³-hybridized carbons (Fsp3) is 0.185. The third-order valence-corrected chi connectivity index (χ3v) is 6.95. The number of rotatable bonds is 8. The number of carbonyl (C=O) groups is 3. The van der Waals surface area contributed by atoms with Crippen molar-refractivity contribution in [3.63, 3.8) is 0 Å². The van der Waals surface area contributed by atoms with E-state index in [1.807, 2.05) is 0 Å². The Morgan fingerprint density at radius 2 is 1.95 bits per heavy atom. The molecule has 11 heteroatoms. The number of ether oxygens (including phenoxy) is 3. The number of phenolic OH excluding ortho intramolecular Hbond substituents is 1. The summed E-state index contributed by atoms with van der Waals surface area (Å²) in [5, 5.41) is 21.5. The number of aryl methyl sites for hydroxylation is 1. The largest absolute Gasteiger partial charge is 0.507 e. The minimum absolute atomic E-state index is 0.0101. The number of methoxy groups -OCH3 is 2. The second kappa shape index (κ2) is 10.8. The van der Waals surface area contributed by atoms with Gasteiger partial charge in [0.2, 0.25) is 0 Å². The van der Waals surface area contributed by atoms with Gasteiger partial charge in [0, 0.05) is 5.56 Å². The van der Waals surface area contributed by atoms with Crippen LogP contribution < -0.4 is 14.4 Å². The molecule has 0 saturated carbocycles. The highest BCUT2D eigenvalue weighted by atomic mass is 32.1. The quantitative estimate of drug-likeness (QED) is 0.143. The van der Waals surface area contributed by atoms with Crippen molar-refractivity contribution < 1.29 is 38.8 Å². The normalized spacial score (nSPS) is 16.4. The summed E-state index contributed by atoms with van der Waals surface area (Å²) in [5.74, 6) is -2.61. The Morgan fingerprint density at radius 1 is 1.18 bits per heavy atom. The molecule has 1 unspecified atom stereocenters. The first-order valence-corrected chi connectivity index (χ1v) is 12.1. The maximum absolute atomic E-state index is 13.4. The molecule has 3 aromatic rings. The van der Waals surface area contributed by atoms with Gasteiger partial charge >= 0.3 is 11.9 Å². The van der Waals surface area contributed by atoms with Crippen LogP contribution in [0.15, 0.2) is 60.7 Å². The molecule has 1 aliphatic rings. The van der Waals surface area contributed by atoms with Crippen LogP contribution in [0.3, 0.4) is 0 Å². The van der Waals surface area contributed by atoms with Gasteiger partial charge in [-0.3, -0.25) is 14.5 Å². The molecule has 0 spiro atoms. The van der Waals surface area contributed by atoms with Crippen LogP contribution in [0.5, 0.6) is 17.2 Å². The molecule has 0 bridgehead atoms. The van der Waals surface area contributed by atoms with Gasteiger partial charge in [0.25, 0.3) is 5.78 Å². The van der Waals surface area contributed by atoms with Crippen LogP contribution in [0.25, 0.3) is 5.76 Å². The van der Waals surface area contributed by atoms with Gasteiger partial charge in [-0.15, -0.1) is 0 Å². The molecule has 0 aliphatic carbocycles. The Bertz CT molecular complexity index is 1480. The number of carbonyl (C=O) groups excluding carboxylic acids is 3. The molecule has 10 nitrogen and oxygen atoms in total. The van der Waals surface area contributed by atoms with E-state index < -0.39 is 29.5 Å². The van der Waals surface area contributed by atoms with Gasteiger partial charge in [-0.2, -0.15) is 0 Å². The van der Waals surface area contributed by atoms with E-state index in [0.717, 1.165) is 16.2 Å². The summed E-state index contributed by atoms with van der Waals surface area (Å²) in [4.78, 5) is 44.9. The van der Waals surface area contributed by atoms with Crippen molar-refractivity contribution in [2.24, 2.45) is 0 Å². The van der Waals surface area contributed by atoms with Gasteiger partial charge in [0.1, 0.15) is 23.0 Å². The average Bonchev–Trinajstić information content (AvgIpc) is 3.43. The van der Waals surface area contributed by atoms with Crippen LogP contribution in [-0.4, -0.2) is 53.7 Å². The summed E-state index contributed by atoms with van der Waals surface area (Å²) in [5.41, 5.74) is 0.699. The molecule has 1 aliphatic heterocycles. The Balaban J connectivity index is 1.92. The number of hydrogen-bond donors (Lipinski definition) is 2. The minimum Gasteiger partial charge on any atom is -0.507 e. The fourth-order valence-corrected chi connectivity index (χ4v) is 5.00. The maximum Gasteiger partial charge on any atom is 0.350 e. The van der Waals surface area contributed by atoms with E-state index in [2.05, 4.69) is 11.6 Å². The number of amides is 1. The summed E-state index contributed by atoms with van der Waals surface area (Å²) in [6, 6.07) is 9.55. The van der Waals surface area contributed by atoms with Crippen LogP contribution in [-0.2, 0) is 14.3 Å². The van der Waals surface area contributed by atoms with Gasteiger partial charge in [-0.1, -0.05) is 42.2 Å². The molecule has 2 heterocycles. The number of phenols is 1. The Morgan fingerprint density at radius 3 is 2.63 bits per heavy atom. The highest BCUT2D eigenvalue weighted by Crippen LogP contribution is 2.45. The van der Waals surface area contributed by atoms with Crippen molar-refractivity contribution >= 4 is 39.9 Å². The lowest BCUT2D eigenvalue weighted by Gasteiger charge is -2.23. The summed E-state index contributed by atoms with van der Waals surface area (Å²) in [7, 11) is 2.82. The molecule has 1 aromatic heterocycles. The lowest BCUT2D eigenvalue weighted by atomic mass is 9.95. The van der Waals surface area contributed by atoms with Crippen LogP contribution in [0.1, 0.15) is 32.5 Å². The van der Waals surface area contributed by atoms with Crippen LogP contribution in [0.2, 0.25) is 0 Å². The van der Waals surface area contributed by atoms with E-state index in [1.54, 1.807) is 25.1 Å². The molecule has 1 fully saturated rings. The predicted octanol–water partition coefficient (Wildman–Crippen LogP) is 4.14. The summed E-state index contributed by atoms with van der Waals surface area (Å²) in [6.45, 7) is 5.08. The zero-order chi connectivity index (χ0) is 27.6. The highest BCUT2D eigenvalue weighted by molar-refractivity contribution is 7.17. The number of Topliss-reactive ketones (excluding diaryl/α,β-unsaturated/α-hetero) is 1. The van der Waals surface area contributed by atoms with Gasteiger partial charge < -0.3 is 24.4 Å². The molecule has 1 amide bonds. The Labute approximate surface area is 222 Å². The second-order valence-electron chi connectivity index (χ2n) is 8.13. The summed E-state index contributed by atoms with van der Waals surface area (Å²) in [6.07, 6.45) is 1.42. The van der Waals surface area contributed by atoms with Crippen molar-refractivity contribution in [1.82, 2.24) is 4.98 Å². The Hall–Kier alpha value is -4.64. The number of hydrogen-bond acceptors (Lipinski definition) is 10. The third kappa shape index (κ3) is 4.71. The lowest BCUT2D eigenvalue weighted by molar-refractivity contribution is -0.132. The molecule has 196 valence electrons. The van der Waals surface area contributed by atoms with E-state index in [-0.39, 0.29) is 39.3 Å². The van der Waals surface area contributed by atoms with Gasteiger partial charge in [0.15, 0.2) is 16.6 Å². The monoisotopic (exact) mass is 536 g/mol. The molecule has 1 atom stereocenters. The number of aliphatic hydroxyl groups is 1. The van der Waals surface area contributed by atoms with Crippen molar-refractivity contribution in [2.45, 2.75) is 13.0 Å². The van der Waals surface area contributed by atoms with E-state index >= 15 is 0 Å². The number of nitrogens with zero attached hydrogens (tertiary/aromatic N) is 2. The zero-order valence-electron chi connectivity index (χ0n) is 20.8. The van der Waals surface area contributed by atoms with Gasteiger partial charge in [0.05, 0.1) is 31.5 Å². The fourth-order valence-electron chi connectivity index (χ4n) is 4.01. The second-order valence-corrected chi connectivity index (χ2v) is 9.11. The predicted molar refractivity (Wildman–Crippen MR) is 140 cm³/mol. The molecular weight excluding hydrogens is 512 g/mol. The van der Waals surface area contributed by atoms with Crippen LogP contribution in [0, 0.1) is 6.92 Å². The average molecular weight is 537 g/mol. The molecule has 4 rings (SSSR count). The first-order chi connectivity index (χ1) is 18.2. The van der Waals surface area contributed by atoms with E-state index in [0.29, 0.717) is 17.0 Å². The molecular formula is C27H24N2O8S. The number of thiazole rings is 1. The minimum atomic E-state index is -1.15. The smallest absolute Gasteiger partial charge is 0.350 e. The summed E-state index contributed by atoms with van der Waals surface area (Å²) < 4.78 is 15.6. The van der Waals surface area contributed by atoms with Crippen molar-refractivity contribution in [2.75, 3.05) is 25.7 Å². The number of benzene rings is 2. The van der Waals surface area contributed by atoms with Crippen LogP contribution in [0.4, 0.5) is 5.13 Å². The van der Waals surface area contributed by atoms with E-state index in [9.17, 15) is 24.6 Å². The summed E-state index contributed by atoms with van der Waals surface area (Å²) >= 11 is 0.876. The van der Waals surface area contributed by atoms with Crippen molar-refractivity contribution in [3.8, 4) is 17.2 Å². The van der Waals surface area contributed by atoms with E-state index in [1.165, 1.54) is 44.6 Å². The molecule has 2 aromatic carbocycles. The third-order valence-electron chi connectivity index (χ3n) is 5.82. The lowest BCUT2D eigenvalue weighted by Crippen LogP contribution is -2.29. The number of aromatic nitrogens is 1. The topological polar surface area (TPSA) is 135 Å². The van der Waals surface area contributed by atoms with E-state index in [4.69, 9.17) is 14.2 Å². The molecule has 38 heavy (non-hydrogen) atoms. The van der Waals surface area contributed by atoms with Gasteiger partial charge in [-0.25, -0.2) is 9.78 Å². The molecule has 2 N–H and O–H groups in total. The maximum atomic E-state index is 13.4. The number of aliphatic hydroxyl groups excluding tert-OH is 1. The molecule has 0 radical (unpaired) electrons.